The molecular weight excluding hydrogens is 919 g/mol. The molecule has 0 aliphatic carbocycles. The van der Waals surface area contributed by atoms with Gasteiger partial charge in [0.2, 0.25) is 0 Å². The molecule has 368 valence electrons. The van der Waals surface area contributed by atoms with Crippen molar-refractivity contribution in [3.05, 3.63) is 71.6 Å². The average molecular weight is 998 g/mol. The van der Waals surface area contributed by atoms with E-state index >= 15 is 8.78 Å². The number of benzene rings is 3. The van der Waals surface area contributed by atoms with E-state index in [1.165, 1.54) is 186 Å². The van der Waals surface area contributed by atoms with Crippen LogP contribution in [0.4, 0.5) is 8.78 Å². The predicted octanol–water partition coefficient (Wildman–Crippen LogP) is 18.8. The zero-order chi connectivity index (χ0) is 47.6. The SMILES string of the molecule is CCCCCCCCOc1ccc2c(c1)-c1cc(OCCCCCCCC)c(-c3ccc(-c4c(F)c(F)c(-c5cccs5)c5nsnc45)s3)cc1[Si]2(CCCCCCCC)CCCCCCCC. The summed E-state index contributed by atoms with van der Waals surface area (Å²) in [5.41, 5.74) is 4.93. The first kappa shape index (κ1) is 52.4. The van der Waals surface area contributed by atoms with Crippen LogP contribution in [0.15, 0.2) is 60.0 Å². The zero-order valence-electron chi connectivity index (χ0n) is 41.8. The molecule has 1 aliphatic rings. The zero-order valence-corrected chi connectivity index (χ0v) is 45.2. The summed E-state index contributed by atoms with van der Waals surface area (Å²) in [7, 11) is -2.30. The van der Waals surface area contributed by atoms with Gasteiger partial charge in [-0.1, -0.05) is 181 Å². The summed E-state index contributed by atoms with van der Waals surface area (Å²) >= 11 is 3.89. The molecule has 0 saturated carbocycles. The molecule has 0 saturated heterocycles. The first-order chi connectivity index (χ1) is 33.4. The number of hydrogen-bond acceptors (Lipinski definition) is 7. The Balaban J connectivity index is 1.31. The fraction of sp³-hybridized carbons (Fsp3) is 0.552. The molecule has 0 bridgehead atoms. The number of fused-ring (bicyclic) bond motifs is 4. The van der Waals surface area contributed by atoms with Crippen molar-refractivity contribution >= 4 is 63.9 Å². The van der Waals surface area contributed by atoms with Crippen LogP contribution in [0.5, 0.6) is 11.5 Å². The minimum Gasteiger partial charge on any atom is -0.494 e. The number of hydrogen-bond donors (Lipinski definition) is 0. The number of aromatic nitrogens is 2. The van der Waals surface area contributed by atoms with E-state index in [1.807, 2.05) is 23.6 Å². The average Bonchev–Trinajstić information content (AvgIpc) is 4.20. The summed E-state index contributed by atoms with van der Waals surface area (Å²) in [6.07, 6.45) is 29.9. The lowest BCUT2D eigenvalue weighted by Crippen LogP contribution is -2.55. The summed E-state index contributed by atoms with van der Waals surface area (Å²) in [4.78, 5) is 2.29. The Morgan fingerprint density at radius 1 is 0.485 bits per heavy atom. The van der Waals surface area contributed by atoms with Crippen LogP contribution in [-0.2, 0) is 0 Å². The number of nitrogens with zero attached hydrogens (tertiary/aromatic N) is 2. The highest BCUT2D eigenvalue weighted by Gasteiger charge is 2.45. The first-order valence-electron chi connectivity index (χ1n) is 26.8. The molecule has 0 atom stereocenters. The number of halogens is 2. The van der Waals surface area contributed by atoms with E-state index < -0.39 is 19.7 Å². The molecular formula is C58H78F2N2O2S3Si. The second-order valence-corrected chi connectivity index (χ2v) is 26.2. The van der Waals surface area contributed by atoms with Crippen molar-refractivity contribution < 1.29 is 18.3 Å². The lowest BCUT2D eigenvalue weighted by molar-refractivity contribution is 0.304. The van der Waals surface area contributed by atoms with Gasteiger partial charge in [-0.15, -0.1) is 22.7 Å². The third-order valence-electron chi connectivity index (χ3n) is 14.3. The second-order valence-electron chi connectivity index (χ2n) is 19.4. The molecule has 3 aromatic heterocycles. The quantitative estimate of drug-likeness (QED) is 0.0304. The second kappa shape index (κ2) is 27.2. The van der Waals surface area contributed by atoms with Crippen LogP contribution in [0, 0.1) is 11.6 Å². The molecule has 6 aromatic rings. The summed E-state index contributed by atoms with van der Waals surface area (Å²) in [6.45, 7) is 10.5. The fourth-order valence-electron chi connectivity index (χ4n) is 10.6. The van der Waals surface area contributed by atoms with Crippen molar-refractivity contribution in [1.82, 2.24) is 8.75 Å². The topological polar surface area (TPSA) is 44.2 Å². The Kier molecular flexibility index (Phi) is 21.0. The highest BCUT2D eigenvalue weighted by Crippen LogP contribution is 2.47. The molecule has 0 fully saturated rings. The predicted molar refractivity (Wildman–Crippen MR) is 294 cm³/mol. The van der Waals surface area contributed by atoms with Crippen LogP contribution >= 0.6 is 34.4 Å². The minimum atomic E-state index is -2.30. The van der Waals surface area contributed by atoms with Gasteiger partial charge in [0.25, 0.3) is 0 Å². The summed E-state index contributed by atoms with van der Waals surface area (Å²) in [5.74, 6) is 0.103. The molecule has 1 aliphatic heterocycles. The molecule has 0 spiro atoms. The molecule has 68 heavy (non-hydrogen) atoms. The van der Waals surface area contributed by atoms with Crippen molar-refractivity contribution in [2.75, 3.05) is 13.2 Å². The molecule has 3 aromatic carbocycles. The lowest BCUT2D eigenvalue weighted by Gasteiger charge is -2.31. The van der Waals surface area contributed by atoms with Gasteiger partial charge in [0.05, 0.1) is 36.1 Å². The van der Waals surface area contributed by atoms with Gasteiger partial charge < -0.3 is 9.47 Å². The maximum atomic E-state index is 16.6. The Bertz CT molecular complexity index is 2430. The molecule has 4 nitrogen and oxygen atoms in total. The van der Waals surface area contributed by atoms with E-state index in [0.29, 0.717) is 27.4 Å². The van der Waals surface area contributed by atoms with Crippen molar-refractivity contribution in [3.63, 3.8) is 0 Å². The monoisotopic (exact) mass is 996 g/mol. The van der Waals surface area contributed by atoms with E-state index in [4.69, 9.17) is 9.47 Å². The van der Waals surface area contributed by atoms with Crippen LogP contribution in [0.2, 0.25) is 12.1 Å². The van der Waals surface area contributed by atoms with Crippen molar-refractivity contribution in [2.24, 2.45) is 0 Å². The number of ether oxygens (including phenoxy) is 2. The third kappa shape index (κ3) is 12.9. The number of rotatable bonds is 33. The maximum Gasteiger partial charge on any atom is 0.170 e. The van der Waals surface area contributed by atoms with Gasteiger partial charge in [-0.2, -0.15) is 8.75 Å². The van der Waals surface area contributed by atoms with Crippen LogP contribution in [0.3, 0.4) is 0 Å². The van der Waals surface area contributed by atoms with Crippen molar-refractivity contribution in [1.29, 1.82) is 0 Å². The van der Waals surface area contributed by atoms with E-state index in [2.05, 4.69) is 72.8 Å². The van der Waals surface area contributed by atoms with Gasteiger partial charge in [-0.3, -0.25) is 0 Å². The molecule has 7 rings (SSSR count). The molecule has 0 amide bonds. The van der Waals surface area contributed by atoms with E-state index in [-0.39, 0.29) is 11.1 Å². The number of thiophene rings is 2. The molecule has 10 heteroatoms. The smallest absolute Gasteiger partial charge is 0.170 e. The van der Waals surface area contributed by atoms with Gasteiger partial charge in [0, 0.05) is 20.2 Å². The van der Waals surface area contributed by atoms with Crippen LogP contribution in [0.25, 0.3) is 53.5 Å². The molecule has 0 N–H and O–H groups in total. The Hall–Kier alpha value is -3.44. The normalized spacial score (nSPS) is 12.9. The van der Waals surface area contributed by atoms with Crippen LogP contribution in [0.1, 0.15) is 182 Å². The van der Waals surface area contributed by atoms with E-state index in [1.54, 1.807) is 5.19 Å². The number of unbranched alkanes of at least 4 members (excludes halogenated alkanes) is 20. The standard InChI is InChI=1S/C58H78F2N2O2S3Si/c1-5-9-13-17-21-25-35-63-43-31-34-51-44(40-43)45-41-47(64-36-26-22-18-14-10-6-2)46(42-52(45)68(51,38-27-23-19-15-11-7-3)39-28-24-20-16-12-8-4)48-32-33-50(66-48)54-56(60)55(59)53(49-30-29-37-65-49)57-58(54)62-67-61-57/h29-34,37,40-42H,5-28,35-36,38-39H2,1-4H3. The van der Waals surface area contributed by atoms with Crippen LogP contribution < -0.4 is 19.8 Å². The fourth-order valence-corrected chi connectivity index (χ4v) is 18.5. The minimum absolute atomic E-state index is 0.189. The third-order valence-corrected chi connectivity index (χ3v) is 22.2. The van der Waals surface area contributed by atoms with Crippen molar-refractivity contribution in [2.45, 2.75) is 194 Å². The molecule has 0 radical (unpaired) electrons. The molecule has 4 heterocycles. The highest BCUT2D eigenvalue weighted by molar-refractivity contribution is 7.19. The van der Waals surface area contributed by atoms with Gasteiger partial charge >= 0.3 is 0 Å². The maximum absolute atomic E-state index is 16.6. The summed E-state index contributed by atoms with van der Waals surface area (Å²) < 4.78 is 55.4. The van der Waals surface area contributed by atoms with Crippen LogP contribution in [-0.4, -0.2) is 30.0 Å². The Morgan fingerprint density at radius 2 is 1.00 bits per heavy atom. The van der Waals surface area contributed by atoms with Gasteiger partial charge in [0.15, 0.2) is 11.6 Å². The van der Waals surface area contributed by atoms with Crippen molar-refractivity contribution in [3.8, 4) is 53.9 Å². The Labute approximate surface area is 421 Å². The van der Waals surface area contributed by atoms with E-state index in [0.717, 1.165) is 59.5 Å². The Morgan fingerprint density at radius 3 is 1.57 bits per heavy atom. The van der Waals surface area contributed by atoms with Gasteiger partial charge in [-0.25, -0.2) is 8.78 Å². The molecule has 0 unspecified atom stereocenters. The largest absolute Gasteiger partial charge is 0.494 e. The van der Waals surface area contributed by atoms with E-state index in [9.17, 15) is 0 Å². The lowest BCUT2D eigenvalue weighted by atomic mass is 10.0. The summed E-state index contributed by atoms with van der Waals surface area (Å²) in [6, 6.07) is 22.2. The first-order valence-corrected chi connectivity index (χ1v) is 31.7. The van der Waals surface area contributed by atoms with Gasteiger partial charge in [0.1, 0.15) is 30.6 Å². The summed E-state index contributed by atoms with van der Waals surface area (Å²) in [5, 5.41) is 4.96. The highest BCUT2D eigenvalue weighted by atomic mass is 32.1. The van der Waals surface area contributed by atoms with Gasteiger partial charge in [-0.05, 0) is 94.3 Å².